The monoisotopic (exact) mass is 462 g/mol. The average Bonchev–Trinajstić information content (AvgIpc) is 3.13. The third-order valence-corrected chi connectivity index (χ3v) is 5.68. The van der Waals surface area contributed by atoms with Gasteiger partial charge in [0.15, 0.2) is 5.65 Å². The highest BCUT2D eigenvalue weighted by atomic mass is 79.9. The summed E-state index contributed by atoms with van der Waals surface area (Å²) in [6.07, 6.45) is 6.43. The Morgan fingerprint density at radius 1 is 1.48 bits per heavy atom. The Bertz CT molecular complexity index is 980. The maximum atomic E-state index is 9.68. The summed E-state index contributed by atoms with van der Waals surface area (Å²) in [4.78, 5) is 9.94. The van der Waals surface area contributed by atoms with Crippen LogP contribution in [0.3, 0.4) is 0 Å². The Morgan fingerprint density at radius 3 is 3.21 bits per heavy atom. The molecule has 0 spiro atoms. The highest BCUT2D eigenvalue weighted by Gasteiger charge is 2.25. The van der Waals surface area contributed by atoms with E-state index in [2.05, 4.69) is 37.0 Å². The Labute approximate surface area is 177 Å². The summed E-state index contributed by atoms with van der Waals surface area (Å²) >= 11 is 3.53. The van der Waals surface area contributed by atoms with Crippen molar-refractivity contribution in [3.8, 4) is 0 Å². The molecule has 3 aromatic heterocycles. The molecule has 2 atom stereocenters. The van der Waals surface area contributed by atoms with Crippen LogP contribution in [0.4, 0.5) is 11.6 Å². The number of rotatable bonds is 7. The molecule has 1 saturated heterocycles. The number of aromatic nitrogens is 4. The molecule has 9 nitrogen and oxygen atoms in total. The lowest BCUT2D eigenvalue weighted by Crippen LogP contribution is -2.45. The molecule has 0 radical (unpaired) electrons. The average molecular weight is 463 g/mol. The number of fused-ring (bicyclic) bond motifs is 1. The molecule has 10 heteroatoms. The van der Waals surface area contributed by atoms with Gasteiger partial charge in [0.05, 0.1) is 10.7 Å². The van der Waals surface area contributed by atoms with Crippen molar-refractivity contribution in [2.24, 2.45) is 5.92 Å². The minimum absolute atomic E-state index is 0.141. The topological polar surface area (TPSA) is 99.6 Å². The zero-order chi connectivity index (χ0) is 20.2. The van der Waals surface area contributed by atoms with E-state index in [0.29, 0.717) is 6.54 Å². The molecule has 0 aromatic carbocycles. The van der Waals surface area contributed by atoms with E-state index in [1.807, 2.05) is 30.6 Å². The predicted molar refractivity (Wildman–Crippen MR) is 113 cm³/mol. The zero-order valence-electron chi connectivity index (χ0n) is 16.2. The van der Waals surface area contributed by atoms with E-state index in [1.54, 1.807) is 22.6 Å². The van der Waals surface area contributed by atoms with Crippen LogP contribution in [0.2, 0.25) is 0 Å². The number of nitrogens with zero attached hydrogens (tertiary/aromatic N) is 4. The molecule has 1 aliphatic heterocycles. The minimum Gasteiger partial charge on any atom is -0.396 e. The van der Waals surface area contributed by atoms with Crippen molar-refractivity contribution in [2.45, 2.75) is 19.0 Å². The summed E-state index contributed by atoms with van der Waals surface area (Å²) in [5.41, 5.74) is 1.80. The van der Waals surface area contributed by atoms with E-state index in [4.69, 9.17) is 9.82 Å². The fourth-order valence-electron chi connectivity index (χ4n) is 3.54. The van der Waals surface area contributed by atoms with E-state index in [0.717, 1.165) is 46.8 Å². The third-order valence-electron chi connectivity index (χ3n) is 5.13. The molecule has 3 aromatic rings. The van der Waals surface area contributed by atoms with Crippen molar-refractivity contribution in [3.63, 3.8) is 0 Å². The van der Waals surface area contributed by atoms with Gasteiger partial charge in [-0.05, 0) is 35.0 Å². The first-order chi connectivity index (χ1) is 14.2. The second-order valence-corrected chi connectivity index (χ2v) is 7.90. The van der Waals surface area contributed by atoms with Gasteiger partial charge in [0.1, 0.15) is 18.7 Å². The molecule has 1 fully saturated rings. The number of pyridine rings is 1. The number of aliphatic hydroxyl groups is 1. The molecule has 4 heterocycles. The van der Waals surface area contributed by atoms with Crippen LogP contribution in [-0.4, -0.2) is 52.6 Å². The summed E-state index contributed by atoms with van der Waals surface area (Å²) in [6.45, 7) is 2.46. The predicted octanol–water partition coefficient (Wildman–Crippen LogP) is 0.832. The lowest BCUT2D eigenvalue weighted by Gasteiger charge is -2.32. The number of hydrogen-bond acceptors (Lipinski definition) is 7. The number of hydrogen-bond donors (Lipinski definition) is 4. The van der Waals surface area contributed by atoms with Gasteiger partial charge in [-0.1, -0.05) is 0 Å². The molecular formula is C19H25BrN7O2+. The smallest absolute Gasteiger partial charge is 0.227 e. The van der Waals surface area contributed by atoms with Crippen LogP contribution in [0, 0.1) is 5.92 Å². The van der Waals surface area contributed by atoms with E-state index in [9.17, 15) is 5.11 Å². The van der Waals surface area contributed by atoms with Crippen molar-refractivity contribution in [1.82, 2.24) is 19.9 Å². The van der Waals surface area contributed by atoms with Crippen LogP contribution in [0.15, 0.2) is 41.3 Å². The summed E-state index contributed by atoms with van der Waals surface area (Å²) in [7, 11) is 1.63. The number of piperidine rings is 1. The molecular weight excluding hydrogens is 438 g/mol. The highest BCUT2D eigenvalue weighted by molar-refractivity contribution is 9.10. The first-order valence-electron chi connectivity index (χ1n) is 9.59. The van der Waals surface area contributed by atoms with E-state index in [1.165, 1.54) is 0 Å². The number of aliphatic hydroxyl groups excluding tert-OH is 1. The summed E-state index contributed by atoms with van der Waals surface area (Å²) < 4.78 is 4.25. The van der Waals surface area contributed by atoms with Crippen LogP contribution >= 0.6 is 15.9 Å². The number of anilines is 2. The van der Waals surface area contributed by atoms with Gasteiger partial charge < -0.3 is 21.1 Å². The van der Waals surface area contributed by atoms with Gasteiger partial charge in [-0.15, -0.1) is 0 Å². The Balaban J connectivity index is 1.59. The second-order valence-electron chi connectivity index (χ2n) is 7.05. The number of nitrogens with one attached hydrogen (secondary N) is 3. The molecule has 0 unspecified atom stereocenters. The van der Waals surface area contributed by atoms with Gasteiger partial charge in [-0.25, -0.2) is 4.98 Å². The molecule has 1 aliphatic rings. The summed E-state index contributed by atoms with van der Waals surface area (Å²) in [5, 5.41) is 24.4. The maximum Gasteiger partial charge on any atom is 0.227 e. The van der Waals surface area contributed by atoms with E-state index < -0.39 is 0 Å². The van der Waals surface area contributed by atoms with Crippen molar-refractivity contribution in [1.29, 1.82) is 0 Å². The largest absolute Gasteiger partial charge is 0.396 e. The first kappa shape index (κ1) is 19.9. The van der Waals surface area contributed by atoms with E-state index >= 15 is 0 Å². The first-order valence-corrected chi connectivity index (χ1v) is 10.4. The van der Waals surface area contributed by atoms with Gasteiger partial charge in [0, 0.05) is 54.1 Å². The third kappa shape index (κ3) is 4.44. The molecule has 0 aliphatic carbocycles. The Kier molecular flexibility index (Phi) is 6.12. The van der Waals surface area contributed by atoms with Crippen LogP contribution in [-0.2, 0) is 6.54 Å². The molecule has 29 heavy (non-hydrogen) atoms. The molecule has 4 rings (SSSR count). The van der Waals surface area contributed by atoms with Crippen molar-refractivity contribution in [2.75, 3.05) is 37.4 Å². The highest BCUT2D eigenvalue weighted by Crippen LogP contribution is 2.24. The van der Waals surface area contributed by atoms with Gasteiger partial charge >= 0.3 is 0 Å². The van der Waals surface area contributed by atoms with Crippen molar-refractivity contribution < 1.29 is 14.7 Å². The van der Waals surface area contributed by atoms with Gasteiger partial charge in [-0.2, -0.15) is 9.61 Å². The standard InChI is InChI=1S/C19H25BrN7O2/c1-29-26-6-2-3-13(11-26)8-22-18-7-17(25-19-15(20)10-23-27(18)19)24-16-4-5-21-9-14(16)12-28/h2-3,6-7,10-11,14,16,21-22,28H,4-5,8-9,12H2,1H3,(H,24,25)/q+1/t14-,16-/m1/s1. The fourth-order valence-corrected chi connectivity index (χ4v) is 3.89. The van der Waals surface area contributed by atoms with Crippen LogP contribution in [0.25, 0.3) is 5.65 Å². The lowest BCUT2D eigenvalue weighted by molar-refractivity contribution is -0.885. The normalized spacial score (nSPS) is 19.3. The lowest BCUT2D eigenvalue weighted by atomic mass is 9.94. The molecule has 0 bridgehead atoms. The Morgan fingerprint density at radius 2 is 2.38 bits per heavy atom. The SMILES string of the molecule is CO[n+]1cccc(CNc2cc(N[C@@H]3CCNC[C@@H]3CO)nc3c(Br)cnn23)c1. The minimum atomic E-state index is 0.141. The number of halogens is 1. The van der Waals surface area contributed by atoms with Gasteiger partial charge in [-0.3, -0.25) is 4.84 Å². The Hall–Kier alpha value is -2.43. The van der Waals surface area contributed by atoms with Gasteiger partial charge in [0.25, 0.3) is 0 Å². The fraction of sp³-hybridized carbons (Fsp3) is 0.421. The second kappa shape index (κ2) is 8.93. The van der Waals surface area contributed by atoms with Crippen molar-refractivity contribution in [3.05, 3.63) is 46.8 Å². The summed E-state index contributed by atoms with van der Waals surface area (Å²) in [5.74, 6) is 1.73. The van der Waals surface area contributed by atoms with Crippen molar-refractivity contribution >= 4 is 33.2 Å². The molecule has 4 N–H and O–H groups in total. The quantitative estimate of drug-likeness (QED) is 0.386. The molecule has 0 saturated carbocycles. The zero-order valence-corrected chi connectivity index (χ0v) is 17.8. The maximum absolute atomic E-state index is 9.68. The van der Waals surface area contributed by atoms with Crippen LogP contribution in [0.5, 0.6) is 0 Å². The summed E-state index contributed by atoms with van der Waals surface area (Å²) in [6, 6.07) is 6.09. The molecule has 154 valence electrons. The molecule has 0 amide bonds. The van der Waals surface area contributed by atoms with Crippen LogP contribution < -0.4 is 25.5 Å². The van der Waals surface area contributed by atoms with Crippen LogP contribution in [0.1, 0.15) is 12.0 Å². The van der Waals surface area contributed by atoms with E-state index in [-0.39, 0.29) is 18.6 Å². The van der Waals surface area contributed by atoms with Gasteiger partial charge in [0.2, 0.25) is 12.4 Å².